The number of nitrogens with one attached hydrogen (secondary N) is 1. The van der Waals surface area contributed by atoms with Crippen molar-refractivity contribution in [3.63, 3.8) is 0 Å². The second-order valence-corrected chi connectivity index (χ2v) is 5.15. The fourth-order valence-electron chi connectivity index (χ4n) is 2.04. The van der Waals surface area contributed by atoms with Crippen LogP contribution in [0.5, 0.6) is 5.75 Å². The van der Waals surface area contributed by atoms with E-state index in [1.807, 2.05) is 7.05 Å². The lowest BCUT2D eigenvalue weighted by atomic mass is 9.87. The van der Waals surface area contributed by atoms with E-state index in [0.717, 1.165) is 16.9 Å². The molecule has 1 aromatic carbocycles. The predicted molar refractivity (Wildman–Crippen MR) is 72.5 cm³/mol. The van der Waals surface area contributed by atoms with Gasteiger partial charge in [0.15, 0.2) is 0 Å². The highest BCUT2D eigenvalue weighted by molar-refractivity contribution is 5.46. The quantitative estimate of drug-likeness (QED) is 0.843. The zero-order valence-electron chi connectivity index (χ0n) is 11.7. The van der Waals surface area contributed by atoms with Crippen molar-refractivity contribution in [3.05, 3.63) is 28.8 Å². The second-order valence-electron chi connectivity index (χ2n) is 5.15. The molecule has 3 nitrogen and oxygen atoms in total. The van der Waals surface area contributed by atoms with Gasteiger partial charge in [0.1, 0.15) is 5.75 Å². The lowest BCUT2D eigenvalue weighted by Gasteiger charge is -2.33. The molecule has 0 aliphatic carbocycles. The molecule has 0 aliphatic heterocycles. The first-order chi connectivity index (χ1) is 7.83. The molecule has 0 saturated heterocycles. The van der Waals surface area contributed by atoms with Gasteiger partial charge < -0.3 is 15.8 Å². The topological polar surface area (TPSA) is 47.3 Å². The summed E-state index contributed by atoms with van der Waals surface area (Å²) in [5, 5.41) is 3.25. The van der Waals surface area contributed by atoms with Crippen LogP contribution in [0.3, 0.4) is 0 Å². The van der Waals surface area contributed by atoms with Crippen LogP contribution in [0.1, 0.15) is 36.6 Å². The van der Waals surface area contributed by atoms with Crippen LogP contribution in [-0.4, -0.2) is 19.7 Å². The van der Waals surface area contributed by atoms with E-state index in [-0.39, 0.29) is 11.6 Å². The molecular weight excluding hydrogens is 212 g/mol. The molecule has 0 aromatic heterocycles. The summed E-state index contributed by atoms with van der Waals surface area (Å²) in [5.74, 6) is 0.895. The van der Waals surface area contributed by atoms with Gasteiger partial charge in [-0.15, -0.1) is 0 Å². The average molecular weight is 236 g/mol. The number of nitrogens with two attached hydrogens (primary N) is 1. The van der Waals surface area contributed by atoms with Crippen molar-refractivity contribution in [2.75, 3.05) is 14.2 Å². The van der Waals surface area contributed by atoms with Gasteiger partial charge in [0.25, 0.3) is 0 Å². The van der Waals surface area contributed by atoms with Gasteiger partial charge in [-0.05, 0) is 40.3 Å². The molecule has 0 spiro atoms. The molecule has 0 heterocycles. The van der Waals surface area contributed by atoms with E-state index >= 15 is 0 Å². The van der Waals surface area contributed by atoms with Gasteiger partial charge in [0.2, 0.25) is 0 Å². The summed E-state index contributed by atoms with van der Waals surface area (Å²) in [6.45, 7) is 8.31. The maximum Gasteiger partial charge on any atom is 0.126 e. The second kappa shape index (κ2) is 5.07. The van der Waals surface area contributed by atoms with Crippen molar-refractivity contribution >= 4 is 0 Å². The van der Waals surface area contributed by atoms with E-state index in [2.05, 4.69) is 45.1 Å². The molecule has 1 atom stereocenters. The monoisotopic (exact) mass is 236 g/mol. The number of rotatable bonds is 4. The zero-order valence-corrected chi connectivity index (χ0v) is 11.7. The Morgan fingerprint density at radius 3 is 2.35 bits per heavy atom. The molecule has 0 radical (unpaired) electrons. The van der Waals surface area contributed by atoms with Gasteiger partial charge >= 0.3 is 0 Å². The minimum Gasteiger partial charge on any atom is -0.496 e. The Bertz CT molecular complexity index is 399. The SMILES string of the molecule is CNC(C)(C)C(N)c1cc(C)cc(C)c1OC. The number of methoxy groups -OCH3 is 1. The summed E-state index contributed by atoms with van der Waals surface area (Å²) in [4.78, 5) is 0. The van der Waals surface area contributed by atoms with Crippen LogP contribution < -0.4 is 15.8 Å². The van der Waals surface area contributed by atoms with E-state index < -0.39 is 0 Å². The van der Waals surface area contributed by atoms with Crippen LogP contribution in [0.2, 0.25) is 0 Å². The molecule has 96 valence electrons. The third kappa shape index (κ3) is 2.79. The Balaban J connectivity index is 3.30. The van der Waals surface area contributed by atoms with Crippen LogP contribution in [0, 0.1) is 13.8 Å². The molecular formula is C14H24N2O. The summed E-state index contributed by atoms with van der Waals surface area (Å²) >= 11 is 0. The summed E-state index contributed by atoms with van der Waals surface area (Å²) < 4.78 is 5.48. The molecule has 17 heavy (non-hydrogen) atoms. The Morgan fingerprint density at radius 1 is 1.29 bits per heavy atom. The van der Waals surface area contributed by atoms with Gasteiger partial charge in [-0.3, -0.25) is 0 Å². The average Bonchev–Trinajstić information content (AvgIpc) is 2.27. The van der Waals surface area contributed by atoms with Crippen LogP contribution in [-0.2, 0) is 0 Å². The Morgan fingerprint density at radius 2 is 1.88 bits per heavy atom. The molecule has 0 saturated carbocycles. The van der Waals surface area contributed by atoms with E-state index in [4.69, 9.17) is 10.5 Å². The first-order valence-electron chi connectivity index (χ1n) is 5.93. The Hall–Kier alpha value is -1.06. The summed E-state index contributed by atoms with van der Waals surface area (Å²) in [5.41, 5.74) is 9.58. The first kappa shape index (κ1) is 14.0. The van der Waals surface area contributed by atoms with E-state index in [1.54, 1.807) is 7.11 Å². The third-order valence-electron chi connectivity index (χ3n) is 3.41. The van der Waals surface area contributed by atoms with Crippen LogP contribution in [0.4, 0.5) is 0 Å². The molecule has 0 amide bonds. The predicted octanol–water partition coefficient (Wildman–Crippen LogP) is 2.31. The summed E-state index contributed by atoms with van der Waals surface area (Å²) in [6.07, 6.45) is 0. The fourth-order valence-corrected chi connectivity index (χ4v) is 2.04. The van der Waals surface area contributed by atoms with E-state index in [1.165, 1.54) is 5.56 Å². The Kier molecular flexibility index (Phi) is 4.17. The van der Waals surface area contributed by atoms with Crippen LogP contribution in [0.25, 0.3) is 0 Å². The lowest BCUT2D eigenvalue weighted by molar-refractivity contribution is 0.333. The number of aryl methyl sites for hydroxylation is 2. The van der Waals surface area contributed by atoms with Crippen LogP contribution in [0.15, 0.2) is 12.1 Å². The van der Waals surface area contributed by atoms with Gasteiger partial charge in [-0.25, -0.2) is 0 Å². The molecule has 0 aliphatic rings. The van der Waals surface area contributed by atoms with Crippen molar-refractivity contribution in [2.24, 2.45) is 5.73 Å². The highest BCUT2D eigenvalue weighted by Crippen LogP contribution is 2.33. The highest BCUT2D eigenvalue weighted by Gasteiger charge is 2.28. The maximum absolute atomic E-state index is 6.35. The fraction of sp³-hybridized carbons (Fsp3) is 0.571. The van der Waals surface area contributed by atoms with E-state index in [9.17, 15) is 0 Å². The normalized spacial score (nSPS) is 13.6. The first-order valence-corrected chi connectivity index (χ1v) is 5.93. The number of benzene rings is 1. The van der Waals surface area contributed by atoms with Gasteiger partial charge in [0.05, 0.1) is 13.2 Å². The summed E-state index contributed by atoms with van der Waals surface area (Å²) in [7, 11) is 3.62. The Labute approximate surface area is 104 Å². The molecule has 1 rings (SSSR count). The standard InChI is InChI=1S/C14H24N2O/c1-9-7-10(2)12(17-6)11(8-9)13(15)14(3,4)16-5/h7-8,13,16H,15H2,1-6H3. The van der Waals surface area contributed by atoms with E-state index in [0.29, 0.717) is 0 Å². The molecule has 0 fully saturated rings. The zero-order chi connectivity index (χ0) is 13.2. The minimum atomic E-state index is -0.173. The van der Waals surface area contributed by atoms with Crippen molar-refractivity contribution in [1.29, 1.82) is 0 Å². The van der Waals surface area contributed by atoms with Crippen molar-refractivity contribution in [3.8, 4) is 5.75 Å². The van der Waals surface area contributed by atoms with Gasteiger partial charge in [0, 0.05) is 11.1 Å². The number of likely N-dealkylation sites (N-methyl/N-ethyl adjacent to an activating group) is 1. The molecule has 3 heteroatoms. The number of ether oxygens (including phenoxy) is 1. The third-order valence-corrected chi connectivity index (χ3v) is 3.41. The molecule has 1 aromatic rings. The lowest BCUT2D eigenvalue weighted by Crippen LogP contribution is -2.46. The number of hydrogen-bond donors (Lipinski definition) is 2. The van der Waals surface area contributed by atoms with Gasteiger partial charge in [-0.2, -0.15) is 0 Å². The molecule has 1 unspecified atom stereocenters. The number of hydrogen-bond acceptors (Lipinski definition) is 3. The molecule has 0 bridgehead atoms. The minimum absolute atomic E-state index is 0.110. The van der Waals surface area contributed by atoms with Crippen LogP contribution >= 0.6 is 0 Å². The summed E-state index contributed by atoms with van der Waals surface area (Å²) in [6, 6.07) is 4.11. The van der Waals surface area contributed by atoms with Gasteiger partial charge in [-0.1, -0.05) is 17.7 Å². The van der Waals surface area contributed by atoms with Crippen molar-refractivity contribution in [1.82, 2.24) is 5.32 Å². The van der Waals surface area contributed by atoms with Crippen molar-refractivity contribution in [2.45, 2.75) is 39.3 Å². The highest BCUT2D eigenvalue weighted by atomic mass is 16.5. The van der Waals surface area contributed by atoms with Crippen molar-refractivity contribution < 1.29 is 4.74 Å². The largest absolute Gasteiger partial charge is 0.496 e. The maximum atomic E-state index is 6.35. The smallest absolute Gasteiger partial charge is 0.126 e. The molecule has 3 N–H and O–H groups in total.